The highest BCUT2D eigenvalue weighted by atomic mass is 32.2. The number of nitrogens with zero attached hydrogens (tertiary/aromatic N) is 1. The van der Waals surface area contributed by atoms with E-state index in [2.05, 4.69) is 19.2 Å². The number of hydrogen-bond acceptors (Lipinski definition) is 4. The molecule has 0 radical (unpaired) electrons. The fourth-order valence-corrected chi connectivity index (χ4v) is 4.71. The van der Waals surface area contributed by atoms with Crippen LogP contribution in [0.1, 0.15) is 45.1 Å². The van der Waals surface area contributed by atoms with E-state index >= 15 is 0 Å². The molecule has 0 aliphatic rings. The fraction of sp³-hybridized carbons (Fsp3) is 0.458. The first-order valence-electron chi connectivity index (χ1n) is 10.8. The molecule has 0 unspecified atom stereocenters. The van der Waals surface area contributed by atoms with Gasteiger partial charge in [0.1, 0.15) is 12.3 Å². The molecule has 0 heterocycles. The van der Waals surface area contributed by atoms with Crippen LogP contribution in [-0.4, -0.2) is 34.5 Å². The second-order valence-electron chi connectivity index (χ2n) is 7.74. The third-order valence-electron chi connectivity index (χ3n) is 5.39. The maximum absolute atomic E-state index is 13.4. The molecule has 6 nitrogen and oxygen atoms in total. The van der Waals surface area contributed by atoms with Crippen LogP contribution in [0.4, 0.5) is 5.69 Å². The molecular weight excluding hydrogens is 412 g/mol. The lowest BCUT2D eigenvalue weighted by molar-refractivity contribution is -0.119. The summed E-state index contributed by atoms with van der Waals surface area (Å²) in [4.78, 5) is 12.9. The molecule has 0 aromatic heterocycles. The lowest BCUT2D eigenvalue weighted by Crippen LogP contribution is -2.42. The minimum absolute atomic E-state index is 0.149. The van der Waals surface area contributed by atoms with E-state index in [9.17, 15) is 13.2 Å². The largest absolute Gasteiger partial charge is 0.497 e. The van der Waals surface area contributed by atoms with Crippen molar-refractivity contribution < 1.29 is 17.9 Å². The van der Waals surface area contributed by atoms with Crippen LogP contribution in [0.2, 0.25) is 0 Å². The molecule has 0 aliphatic carbocycles. The standard InChI is InChI=1S/C24H34N2O4S/c1-5-7-8-20(6-2)17-25-24(27)18-26(21-11-13-22(30-4)14-12-21)31(28,29)23-15-9-19(3)10-16-23/h9-16,20H,5-8,17-18H2,1-4H3,(H,25,27)/t20-/m1/s1. The monoisotopic (exact) mass is 446 g/mol. The van der Waals surface area contributed by atoms with Crippen molar-refractivity contribution in [1.29, 1.82) is 0 Å². The van der Waals surface area contributed by atoms with Gasteiger partial charge in [-0.15, -0.1) is 0 Å². The van der Waals surface area contributed by atoms with Crippen molar-refractivity contribution in [2.24, 2.45) is 5.92 Å². The Hall–Kier alpha value is -2.54. The van der Waals surface area contributed by atoms with Crippen molar-refractivity contribution in [2.45, 2.75) is 51.3 Å². The predicted octanol–water partition coefficient (Wildman–Crippen LogP) is 4.53. The second kappa shape index (κ2) is 11.7. The molecule has 170 valence electrons. The number of unbranched alkanes of at least 4 members (excludes halogenated alkanes) is 1. The van der Waals surface area contributed by atoms with Crippen molar-refractivity contribution in [3.8, 4) is 5.75 Å². The lowest BCUT2D eigenvalue weighted by atomic mass is 9.99. The molecule has 0 bridgehead atoms. The van der Waals surface area contributed by atoms with Gasteiger partial charge in [-0.05, 0) is 55.7 Å². The van der Waals surface area contributed by atoms with Crippen LogP contribution in [0, 0.1) is 12.8 Å². The van der Waals surface area contributed by atoms with E-state index in [1.54, 1.807) is 55.6 Å². The Bertz CT molecular complexity index is 925. The van der Waals surface area contributed by atoms with Crippen molar-refractivity contribution >= 4 is 21.6 Å². The molecule has 2 aromatic rings. The first-order chi connectivity index (χ1) is 14.8. The molecule has 2 aromatic carbocycles. The fourth-order valence-electron chi connectivity index (χ4n) is 3.29. The van der Waals surface area contributed by atoms with Gasteiger partial charge in [0.2, 0.25) is 5.91 Å². The van der Waals surface area contributed by atoms with Gasteiger partial charge in [-0.2, -0.15) is 0 Å². The average molecular weight is 447 g/mol. The van der Waals surface area contributed by atoms with Crippen LogP contribution < -0.4 is 14.4 Å². The molecule has 0 saturated heterocycles. The number of carbonyl (C=O) groups excluding carboxylic acids is 1. The molecule has 2 rings (SSSR count). The van der Waals surface area contributed by atoms with E-state index in [1.165, 1.54) is 0 Å². The first kappa shape index (κ1) is 24.7. The Kier molecular flexibility index (Phi) is 9.37. The zero-order valence-corrected chi connectivity index (χ0v) is 19.7. The minimum atomic E-state index is -3.91. The number of carbonyl (C=O) groups is 1. The second-order valence-corrected chi connectivity index (χ2v) is 9.61. The number of hydrogen-bond donors (Lipinski definition) is 1. The van der Waals surface area contributed by atoms with E-state index in [4.69, 9.17) is 4.74 Å². The summed E-state index contributed by atoms with van der Waals surface area (Å²) in [5.41, 5.74) is 1.37. The first-order valence-corrected chi connectivity index (χ1v) is 12.3. The van der Waals surface area contributed by atoms with Gasteiger partial charge in [-0.25, -0.2) is 8.42 Å². The van der Waals surface area contributed by atoms with Gasteiger partial charge in [0.15, 0.2) is 0 Å². The van der Waals surface area contributed by atoms with Crippen molar-refractivity contribution in [1.82, 2.24) is 5.32 Å². The average Bonchev–Trinajstić information content (AvgIpc) is 2.78. The summed E-state index contributed by atoms with van der Waals surface area (Å²) < 4.78 is 33.1. The van der Waals surface area contributed by atoms with Crippen molar-refractivity contribution in [2.75, 3.05) is 24.5 Å². The number of nitrogens with one attached hydrogen (secondary N) is 1. The zero-order valence-electron chi connectivity index (χ0n) is 18.9. The number of amides is 1. The van der Waals surface area contributed by atoms with E-state index in [0.717, 1.165) is 35.6 Å². The predicted molar refractivity (Wildman–Crippen MR) is 125 cm³/mol. The summed E-state index contributed by atoms with van der Waals surface area (Å²) in [6.07, 6.45) is 4.26. The molecule has 1 amide bonds. The number of sulfonamides is 1. The topological polar surface area (TPSA) is 75.7 Å². The minimum Gasteiger partial charge on any atom is -0.497 e. The van der Waals surface area contributed by atoms with Crippen molar-refractivity contribution in [3.63, 3.8) is 0 Å². The Morgan fingerprint density at radius 2 is 1.71 bits per heavy atom. The smallest absolute Gasteiger partial charge is 0.264 e. The zero-order chi connectivity index (χ0) is 22.9. The molecule has 31 heavy (non-hydrogen) atoms. The summed E-state index contributed by atoms with van der Waals surface area (Å²) in [6, 6.07) is 13.3. The summed E-state index contributed by atoms with van der Waals surface area (Å²) in [5.74, 6) is 0.691. The number of rotatable bonds is 12. The molecule has 0 spiro atoms. The SMILES string of the molecule is CCCC[C@@H](CC)CNC(=O)CN(c1ccc(OC)cc1)S(=O)(=O)c1ccc(C)cc1. The highest BCUT2D eigenvalue weighted by Gasteiger charge is 2.27. The summed E-state index contributed by atoms with van der Waals surface area (Å²) in [5, 5.41) is 2.93. The highest BCUT2D eigenvalue weighted by molar-refractivity contribution is 7.92. The van der Waals surface area contributed by atoms with E-state index < -0.39 is 10.0 Å². The Morgan fingerprint density at radius 3 is 2.26 bits per heavy atom. The van der Waals surface area contributed by atoms with Gasteiger partial charge in [-0.3, -0.25) is 9.10 Å². The van der Waals surface area contributed by atoms with Gasteiger partial charge in [0.05, 0.1) is 17.7 Å². The quantitative estimate of drug-likeness (QED) is 0.520. The van der Waals surface area contributed by atoms with E-state index in [-0.39, 0.29) is 17.3 Å². The molecule has 0 aliphatic heterocycles. The van der Waals surface area contributed by atoms with Gasteiger partial charge >= 0.3 is 0 Å². The molecule has 0 fully saturated rings. The number of ether oxygens (including phenoxy) is 1. The van der Waals surface area contributed by atoms with Crippen LogP contribution in [0.25, 0.3) is 0 Å². The molecular formula is C24H34N2O4S. The molecule has 7 heteroatoms. The Labute approximate surface area is 186 Å². The van der Waals surface area contributed by atoms with Crippen LogP contribution >= 0.6 is 0 Å². The molecule has 0 saturated carbocycles. The van der Waals surface area contributed by atoms with E-state index in [0.29, 0.717) is 23.9 Å². The molecule has 1 atom stereocenters. The highest BCUT2D eigenvalue weighted by Crippen LogP contribution is 2.26. The van der Waals surface area contributed by atoms with Crippen LogP contribution in [0.5, 0.6) is 5.75 Å². The third-order valence-corrected chi connectivity index (χ3v) is 7.18. The maximum Gasteiger partial charge on any atom is 0.264 e. The number of benzene rings is 2. The maximum atomic E-state index is 13.4. The molecule has 1 N–H and O–H groups in total. The van der Waals surface area contributed by atoms with E-state index in [1.807, 2.05) is 6.92 Å². The summed E-state index contributed by atoms with van der Waals surface area (Å²) in [7, 11) is -2.36. The normalized spacial score (nSPS) is 12.3. The van der Waals surface area contributed by atoms with Gasteiger partial charge in [0, 0.05) is 6.54 Å². The number of anilines is 1. The summed E-state index contributed by atoms with van der Waals surface area (Å²) in [6.45, 7) is 6.42. The van der Waals surface area contributed by atoms with Crippen molar-refractivity contribution in [3.05, 3.63) is 54.1 Å². The van der Waals surface area contributed by atoms with Crippen LogP contribution in [0.3, 0.4) is 0 Å². The third kappa shape index (κ3) is 6.99. The van der Waals surface area contributed by atoms with Gasteiger partial charge in [0.25, 0.3) is 10.0 Å². The van der Waals surface area contributed by atoms with Crippen LogP contribution in [0.15, 0.2) is 53.4 Å². The van der Waals surface area contributed by atoms with Gasteiger partial charge < -0.3 is 10.1 Å². The lowest BCUT2D eigenvalue weighted by Gasteiger charge is -2.25. The Balaban J connectivity index is 2.25. The number of methoxy groups -OCH3 is 1. The van der Waals surface area contributed by atoms with Crippen LogP contribution in [-0.2, 0) is 14.8 Å². The Morgan fingerprint density at radius 1 is 1.06 bits per heavy atom. The number of aryl methyl sites for hydroxylation is 1. The van der Waals surface area contributed by atoms with Gasteiger partial charge in [-0.1, -0.05) is 50.8 Å². The summed E-state index contributed by atoms with van der Waals surface area (Å²) >= 11 is 0.